The second-order valence-electron chi connectivity index (χ2n) is 6.62. The summed E-state index contributed by atoms with van der Waals surface area (Å²) in [6.07, 6.45) is 4.15. The number of H-pyrrole nitrogens is 1. The van der Waals surface area contributed by atoms with Gasteiger partial charge in [-0.25, -0.2) is 0 Å². The molecule has 0 bridgehead atoms. The third-order valence-corrected chi connectivity index (χ3v) is 5.11. The lowest BCUT2D eigenvalue weighted by molar-refractivity contribution is 0.229. The van der Waals surface area contributed by atoms with Crippen LogP contribution in [-0.4, -0.2) is 45.5 Å². The first kappa shape index (κ1) is 17.1. The van der Waals surface area contributed by atoms with E-state index in [1.165, 1.54) is 0 Å². The molecule has 136 valence electrons. The molecule has 1 aromatic carbocycles. The van der Waals surface area contributed by atoms with Gasteiger partial charge in [0.1, 0.15) is 11.5 Å². The highest BCUT2D eigenvalue weighted by molar-refractivity contribution is 6.30. The minimum atomic E-state index is 0.435. The maximum Gasteiger partial charge on any atom is 0.231 e. The number of benzene rings is 1. The molecular weight excluding hydrogens is 348 g/mol. The van der Waals surface area contributed by atoms with Crippen LogP contribution in [0.5, 0.6) is 0 Å². The van der Waals surface area contributed by atoms with Gasteiger partial charge in [0, 0.05) is 36.0 Å². The van der Waals surface area contributed by atoms with E-state index < -0.39 is 0 Å². The van der Waals surface area contributed by atoms with Crippen LogP contribution in [0.15, 0.2) is 36.5 Å². The maximum absolute atomic E-state index is 6.07. The lowest BCUT2D eigenvalue weighted by atomic mass is 10.1. The number of nitrogens with one attached hydrogen (secondary N) is 3. The predicted octanol–water partition coefficient (Wildman–Crippen LogP) is 4.25. The first-order valence-electron chi connectivity index (χ1n) is 9.08. The zero-order valence-electron chi connectivity index (χ0n) is 14.8. The van der Waals surface area contributed by atoms with Crippen molar-refractivity contribution in [1.29, 1.82) is 0 Å². The van der Waals surface area contributed by atoms with E-state index in [1.54, 1.807) is 0 Å². The lowest BCUT2D eigenvalue weighted by Gasteiger charge is -2.31. The Morgan fingerprint density at radius 3 is 2.85 bits per heavy atom. The number of hydrogen-bond acceptors (Lipinski definition) is 5. The molecule has 3 heterocycles. The molecule has 0 saturated carbocycles. The maximum atomic E-state index is 6.07. The molecule has 2 aromatic heterocycles. The molecule has 1 aliphatic rings. The second-order valence-corrected chi connectivity index (χ2v) is 7.06. The van der Waals surface area contributed by atoms with Crippen LogP contribution < -0.4 is 10.6 Å². The number of aromatic amines is 1. The largest absolute Gasteiger partial charge is 0.367 e. The molecule has 7 heteroatoms. The van der Waals surface area contributed by atoms with E-state index in [1.807, 2.05) is 36.5 Å². The summed E-state index contributed by atoms with van der Waals surface area (Å²) in [5, 5.41) is 8.57. The lowest BCUT2D eigenvalue weighted by Crippen LogP contribution is -2.39. The molecule has 3 aromatic rings. The van der Waals surface area contributed by atoms with Crippen molar-refractivity contribution in [3.8, 4) is 0 Å². The highest BCUT2D eigenvalue weighted by Crippen LogP contribution is 2.26. The van der Waals surface area contributed by atoms with Crippen LogP contribution in [0, 0.1) is 0 Å². The van der Waals surface area contributed by atoms with Crippen molar-refractivity contribution in [2.24, 2.45) is 0 Å². The van der Waals surface area contributed by atoms with Crippen LogP contribution in [0.1, 0.15) is 19.8 Å². The average Bonchev–Trinajstić information content (AvgIpc) is 3.11. The topological polar surface area (TPSA) is 68.9 Å². The van der Waals surface area contributed by atoms with E-state index in [4.69, 9.17) is 16.6 Å². The number of piperidine rings is 1. The Labute approximate surface area is 158 Å². The van der Waals surface area contributed by atoms with Crippen molar-refractivity contribution < 1.29 is 0 Å². The summed E-state index contributed by atoms with van der Waals surface area (Å²) in [6, 6.07) is 10.0. The molecule has 0 atom stereocenters. The number of aromatic nitrogens is 3. The van der Waals surface area contributed by atoms with Crippen LogP contribution in [0.4, 0.5) is 17.5 Å². The minimum Gasteiger partial charge on any atom is -0.367 e. The Hall–Kier alpha value is -2.31. The second kappa shape index (κ2) is 7.51. The normalized spacial score (nSPS) is 16.1. The Balaban J connectivity index is 1.57. The molecule has 3 N–H and O–H groups in total. The predicted molar refractivity (Wildman–Crippen MR) is 107 cm³/mol. The van der Waals surface area contributed by atoms with E-state index >= 15 is 0 Å². The van der Waals surface area contributed by atoms with Crippen LogP contribution >= 0.6 is 11.6 Å². The van der Waals surface area contributed by atoms with Crippen molar-refractivity contribution >= 4 is 40.1 Å². The first-order chi connectivity index (χ1) is 12.7. The summed E-state index contributed by atoms with van der Waals surface area (Å²) >= 11 is 6.07. The fraction of sp³-hybridized carbons (Fsp3) is 0.368. The molecule has 0 amide bonds. The van der Waals surface area contributed by atoms with E-state index in [-0.39, 0.29) is 0 Å². The van der Waals surface area contributed by atoms with Crippen LogP contribution in [0.25, 0.3) is 11.0 Å². The summed E-state index contributed by atoms with van der Waals surface area (Å²) in [6.45, 7) is 5.59. The summed E-state index contributed by atoms with van der Waals surface area (Å²) in [4.78, 5) is 15.0. The van der Waals surface area contributed by atoms with Gasteiger partial charge in [0.15, 0.2) is 0 Å². The molecule has 1 aliphatic heterocycles. The third kappa shape index (κ3) is 3.76. The number of anilines is 3. The number of nitrogens with zero attached hydrogens (tertiary/aromatic N) is 3. The monoisotopic (exact) mass is 370 g/mol. The summed E-state index contributed by atoms with van der Waals surface area (Å²) in [5.74, 6) is 1.42. The fourth-order valence-electron chi connectivity index (χ4n) is 3.39. The highest BCUT2D eigenvalue weighted by Gasteiger charge is 2.19. The molecule has 0 unspecified atom stereocenters. The molecular formula is C19H23ClN6. The number of hydrogen-bond donors (Lipinski definition) is 3. The number of rotatable bonds is 5. The Kier molecular flexibility index (Phi) is 4.95. The zero-order chi connectivity index (χ0) is 17.9. The highest BCUT2D eigenvalue weighted by atomic mass is 35.5. The van der Waals surface area contributed by atoms with Gasteiger partial charge >= 0.3 is 0 Å². The van der Waals surface area contributed by atoms with Crippen LogP contribution in [0.3, 0.4) is 0 Å². The van der Waals surface area contributed by atoms with Crippen molar-refractivity contribution in [2.75, 3.05) is 30.3 Å². The van der Waals surface area contributed by atoms with Crippen molar-refractivity contribution in [3.63, 3.8) is 0 Å². The summed E-state index contributed by atoms with van der Waals surface area (Å²) in [7, 11) is 0. The van der Waals surface area contributed by atoms with Gasteiger partial charge in [-0.05, 0) is 43.7 Å². The van der Waals surface area contributed by atoms with Crippen LogP contribution in [0.2, 0.25) is 5.02 Å². The molecule has 0 spiro atoms. The standard InChI is InChI=1S/C19H23ClN6/c1-2-26-10-7-14(8-11-26)22-18-16-6-9-21-17(16)24-19(25-18)23-15-5-3-4-13(20)12-15/h3-6,9,12,14H,2,7-8,10-11H2,1H3,(H3,21,22,23,24,25). The van der Waals surface area contributed by atoms with Gasteiger partial charge < -0.3 is 20.5 Å². The summed E-state index contributed by atoms with van der Waals surface area (Å²) in [5.41, 5.74) is 1.68. The molecule has 6 nitrogen and oxygen atoms in total. The molecule has 1 fully saturated rings. The van der Waals surface area contributed by atoms with E-state index in [0.717, 1.165) is 55.0 Å². The molecule has 4 rings (SSSR count). The molecule has 1 saturated heterocycles. The number of halogens is 1. The average molecular weight is 371 g/mol. The van der Waals surface area contributed by atoms with Gasteiger partial charge in [0.2, 0.25) is 5.95 Å². The van der Waals surface area contributed by atoms with E-state index in [2.05, 4.69) is 32.4 Å². The SMILES string of the molecule is CCN1CCC(Nc2nc(Nc3cccc(Cl)c3)nc3[nH]ccc23)CC1. The van der Waals surface area contributed by atoms with Gasteiger partial charge in [-0.15, -0.1) is 0 Å². The summed E-state index contributed by atoms with van der Waals surface area (Å²) < 4.78 is 0. The van der Waals surface area contributed by atoms with E-state index in [9.17, 15) is 0 Å². The van der Waals surface area contributed by atoms with Crippen molar-refractivity contribution in [3.05, 3.63) is 41.6 Å². The van der Waals surface area contributed by atoms with E-state index in [0.29, 0.717) is 17.0 Å². The smallest absolute Gasteiger partial charge is 0.231 e. The Morgan fingerprint density at radius 2 is 2.08 bits per heavy atom. The zero-order valence-corrected chi connectivity index (χ0v) is 15.6. The van der Waals surface area contributed by atoms with Crippen molar-refractivity contribution in [2.45, 2.75) is 25.8 Å². The molecule has 0 radical (unpaired) electrons. The first-order valence-corrected chi connectivity index (χ1v) is 9.45. The molecule has 26 heavy (non-hydrogen) atoms. The van der Waals surface area contributed by atoms with Crippen LogP contribution in [-0.2, 0) is 0 Å². The number of likely N-dealkylation sites (tertiary alicyclic amines) is 1. The third-order valence-electron chi connectivity index (χ3n) is 4.87. The fourth-order valence-corrected chi connectivity index (χ4v) is 3.58. The van der Waals surface area contributed by atoms with Gasteiger partial charge in [0.25, 0.3) is 0 Å². The Morgan fingerprint density at radius 1 is 1.23 bits per heavy atom. The minimum absolute atomic E-state index is 0.435. The van der Waals surface area contributed by atoms with Gasteiger partial charge in [-0.1, -0.05) is 24.6 Å². The van der Waals surface area contributed by atoms with Gasteiger partial charge in [-0.3, -0.25) is 0 Å². The molecule has 0 aliphatic carbocycles. The van der Waals surface area contributed by atoms with Crippen molar-refractivity contribution in [1.82, 2.24) is 19.9 Å². The quantitative estimate of drug-likeness (QED) is 0.626. The van der Waals surface area contributed by atoms with Gasteiger partial charge in [-0.2, -0.15) is 9.97 Å². The Bertz CT molecular complexity index is 885. The van der Waals surface area contributed by atoms with Gasteiger partial charge in [0.05, 0.1) is 5.39 Å². The number of fused-ring (bicyclic) bond motifs is 1.